The van der Waals surface area contributed by atoms with E-state index < -0.39 is 0 Å². The molecule has 0 aliphatic heterocycles. The van der Waals surface area contributed by atoms with Crippen molar-refractivity contribution in [1.29, 1.82) is 0 Å². The van der Waals surface area contributed by atoms with E-state index in [9.17, 15) is 4.79 Å². The van der Waals surface area contributed by atoms with E-state index in [1.54, 1.807) is 0 Å². The van der Waals surface area contributed by atoms with Gasteiger partial charge < -0.3 is 5.32 Å². The molecule has 1 N–H and O–H groups in total. The number of unbranched alkanes of at least 4 members (excludes halogenated alkanes) is 5. The molecule has 0 aliphatic rings. The molecule has 0 fully saturated rings. The van der Waals surface area contributed by atoms with Gasteiger partial charge in [0.15, 0.2) is 0 Å². The van der Waals surface area contributed by atoms with E-state index in [1.165, 1.54) is 32.1 Å². The molecule has 1 amide bonds. The van der Waals surface area contributed by atoms with Gasteiger partial charge in [-0.15, -0.1) is 0 Å². The molecule has 0 aromatic heterocycles. The van der Waals surface area contributed by atoms with E-state index in [1.807, 2.05) is 0 Å². The zero-order chi connectivity index (χ0) is 14.7. The van der Waals surface area contributed by atoms with Crippen LogP contribution in [0.5, 0.6) is 0 Å². The highest BCUT2D eigenvalue weighted by molar-refractivity contribution is 5.75. The number of carbonyl (C=O) groups excluding carboxylic acids is 1. The van der Waals surface area contributed by atoms with E-state index in [4.69, 9.17) is 0 Å². The van der Waals surface area contributed by atoms with Crippen molar-refractivity contribution in [1.82, 2.24) is 5.32 Å². The molecular weight excluding hydrogens is 234 g/mol. The molecule has 0 rings (SSSR count). The second-order valence-electron chi connectivity index (χ2n) is 6.47. The molecule has 2 heteroatoms. The summed E-state index contributed by atoms with van der Waals surface area (Å²) in [5, 5.41) is 3.11. The summed E-state index contributed by atoms with van der Waals surface area (Å²) in [7, 11) is 0. The summed E-state index contributed by atoms with van der Waals surface area (Å²) in [5.74, 6) is 2.10. The predicted molar refractivity (Wildman–Crippen MR) is 84.2 cm³/mol. The van der Waals surface area contributed by atoms with Crippen LogP contribution in [0.25, 0.3) is 0 Å². The molecule has 0 radical (unpaired) electrons. The molecule has 0 bridgehead atoms. The number of hydrogen-bond donors (Lipinski definition) is 1. The van der Waals surface area contributed by atoms with Gasteiger partial charge in [0.05, 0.1) is 0 Å². The van der Waals surface area contributed by atoms with Crippen LogP contribution in [-0.4, -0.2) is 12.5 Å². The largest absolute Gasteiger partial charge is 0.356 e. The minimum atomic E-state index is 0.238. The lowest BCUT2D eigenvalue weighted by Gasteiger charge is -2.25. The first kappa shape index (κ1) is 18.5. The van der Waals surface area contributed by atoms with Gasteiger partial charge in [0.2, 0.25) is 5.91 Å². The summed E-state index contributed by atoms with van der Waals surface area (Å²) in [5.41, 5.74) is 0. The third kappa shape index (κ3) is 9.98. The van der Waals surface area contributed by atoms with Crippen molar-refractivity contribution in [2.24, 2.45) is 17.8 Å². The fourth-order valence-electron chi connectivity index (χ4n) is 2.63. The van der Waals surface area contributed by atoms with Crippen LogP contribution in [0.4, 0.5) is 0 Å². The van der Waals surface area contributed by atoms with Crippen LogP contribution in [0.2, 0.25) is 0 Å². The molecule has 19 heavy (non-hydrogen) atoms. The van der Waals surface area contributed by atoms with E-state index >= 15 is 0 Å². The van der Waals surface area contributed by atoms with Gasteiger partial charge in [0.25, 0.3) is 0 Å². The van der Waals surface area contributed by atoms with Gasteiger partial charge in [-0.25, -0.2) is 0 Å². The quantitative estimate of drug-likeness (QED) is 0.537. The number of nitrogens with one attached hydrogen (secondary N) is 1. The maximum absolute atomic E-state index is 11.8. The van der Waals surface area contributed by atoms with Crippen molar-refractivity contribution >= 4 is 5.91 Å². The lowest BCUT2D eigenvalue weighted by atomic mass is 9.85. The number of rotatable bonds is 11. The van der Waals surface area contributed by atoms with Crippen LogP contribution in [-0.2, 0) is 4.79 Å². The smallest absolute Gasteiger partial charge is 0.220 e. The zero-order valence-electron chi connectivity index (χ0n) is 13.8. The molecule has 0 saturated carbocycles. The Kier molecular flexibility index (Phi) is 11.0. The SMILES string of the molecule is CCCCCCCCC(=O)NCC(C(C)C)C(C)C. The average Bonchev–Trinajstić information content (AvgIpc) is 2.33. The van der Waals surface area contributed by atoms with Gasteiger partial charge >= 0.3 is 0 Å². The summed E-state index contributed by atoms with van der Waals surface area (Å²) in [6, 6.07) is 0. The van der Waals surface area contributed by atoms with Gasteiger partial charge in [0.1, 0.15) is 0 Å². The molecule has 0 spiro atoms. The van der Waals surface area contributed by atoms with E-state index in [0.29, 0.717) is 24.2 Å². The third-order valence-corrected chi connectivity index (χ3v) is 4.00. The first-order valence-electron chi connectivity index (χ1n) is 8.25. The fourth-order valence-corrected chi connectivity index (χ4v) is 2.63. The monoisotopic (exact) mass is 269 g/mol. The standard InChI is InChI=1S/C17H35NO/c1-6-7-8-9-10-11-12-17(19)18-13-16(14(2)3)15(4)5/h14-16H,6-13H2,1-5H3,(H,18,19). The normalized spacial score (nSPS) is 11.6. The Bertz CT molecular complexity index is 215. The van der Waals surface area contributed by atoms with E-state index in [0.717, 1.165) is 13.0 Å². The Balaban J connectivity index is 3.63. The van der Waals surface area contributed by atoms with Crippen LogP contribution < -0.4 is 5.32 Å². The summed E-state index contributed by atoms with van der Waals surface area (Å²) < 4.78 is 0. The lowest BCUT2D eigenvalue weighted by molar-refractivity contribution is -0.121. The van der Waals surface area contributed by atoms with Gasteiger partial charge in [-0.2, -0.15) is 0 Å². The molecule has 2 nitrogen and oxygen atoms in total. The molecule has 0 aromatic rings. The summed E-state index contributed by atoms with van der Waals surface area (Å²) >= 11 is 0. The highest BCUT2D eigenvalue weighted by Gasteiger charge is 2.17. The molecule has 0 aromatic carbocycles. The number of hydrogen-bond acceptors (Lipinski definition) is 1. The topological polar surface area (TPSA) is 29.1 Å². The van der Waals surface area contributed by atoms with Crippen LogP contribution in [0.3, 0.4) is 0 Å². The lowest BCUT2D eigenvalue weighted by Crippen LogP contribution is -2.33. The van der Waals surface area contributed by atoms with Crippen molar-refractivity contribution in [3.8, 4) is 0 Å². The molecular formula is C17H35NO. The van der Waals surface area contributed by atoms with Crippen LogP contribution in [0.1, 0.15) is 79.6 Å². The fraction of sp³-hybridized carbons (Fsp3) is 0.941. The van der Waals surface area contributed by atoms with Crippen LogP contribution in [0.15, 0.2) is 0 Å². The van der Waals surface area contributed by atoms with Gasteiger partial charge in [0, 0.05) is 13.0 Å². The van der Waals surface area contributed by atoms with Crippen molar-refractivity contribution in [3.63, 3.8) is 0 Å². The summed E-state index contributed by atoms with van der Waals surface area (Å²) in [6.07, 6.45) is 8.16. The minimum Gasteiger partial charge on any atom is -0.356 e. The van der Waals surface area contributed by atoms with Gasteiger partial charge in [-0.05, 0) is 24.2 Å². The summed E-state index contributed by atoms with van der Waals surface area (Å²) in [4.78, 5) is 11.8. The van der Waals surface area contributed by atoms with Crippen LogP contribution >= 0.6 is 0 Å². The third-order valence-electron chi connectivity index (χ3n) is 4.00. The minimum absolute atomic E-state index is 0.238. The molecule has 0 aliphatic carbocycles. The van der Waals surface area contributed by atoms with Gasteiger partial charge in [-0.1, -0.05) is 66.7 Å². The van der Waals surface area contributed by atoms with Crippen molar-refractivity contribution < 1.29 is 4.79 Å². The van der Waals surface area contributed by atoms with Crippen molar-refractivity contribution in [2.45, 2.75) is 79.6 Å². The summed E-state index contributed by atoms with van der Waals surface area (Å²) in [6.45, 7) is 12.0. The molecule has 114 valence electrons. The molecule has 0 atom stereocenters. The highest BCUT2D eigenvalue weighted by atomic mass is 16.1. The first-order chi connectivity index (χ1) is 8.99. The molecule has 0 saturated heterocycles. The zero-order valence-corrected chi connectivity index (χ0v) is 13.8. The Morgan fingerprint density at radius 3 is 1.95 bits per heavy atom. The Labute approximate surface area is 120 Å². The van der Waals surface area contributed by atoms with Crippen LogP contribution in [0, 0.1) is 17.8 Å². The van der Waals surface area contributed by atoms with Gasteiger partial charge in [-0.3, -0.25) is 4.79 Å². The Hall–Kier alpha value is -0.530. The maximum atomic E-state index is 11.8. The Morgan fingerprint density at radius 2 is 1.42 bits per heavy atom. The highest BCUT2D eigenvalue weighted by Crippen LogP contribution is 2.19. The van der Waals surface area contributed by atoms with E-state index in [-0.39, 0.29) is 5.91 Å². The van der Waals surface area contributed by atoms with E-state index in [2.05, 4.69) is 39.9 Å². The molecule has 0 heterocycles. The predicted octanol–water partition coefficient (Wildman–Crippen LogP) is 4.78. The molecule has 0 unspecified atom stereocenters. The van der Waals surface area contributed by atoms with Crippen molar-refractivity contribution in [2.75, 3.05) is 6.54 Å². The number of carbonyl (C=O) groups is 1. The second kappa shape index (κ2) is 11.3. The second-order valence-corrected chi connectivity index (χ2v) is 6.47. The average molecular weight is 269 g/mol. The maximum Gasteiger partial charge on any atom is 0.220 e. The number of amides is 1. The Morgan fingerprint density at radius 1 is 0.895 bits per heavy atom. The first-order valence-corrected chi connectivity index (χ1v) is 8.25. The van der Waals surface area contributed by atoms with Crippen molar-refractivity contribution in [3.05, 3.63) is 0 Å².